The van der Waals surface area contributed by atoms with Gasteiger partial charge in [0.25, 0.3) is 0 Å². The van der Waals surface area contributed by atoms with Crippen LogP contribution in [-0.2, 0) is 4.79 Å². The fourth-order valence-electron chi connectivity index (χ4n) is 1.95. The lowest BCUT2D eigenvalue weighted by atomic mass is 10.2. The first kappa shape index (κ1) is 13.6. The maximum absolute atomic E-state index is 11.9. The van der Waals surface area contributed by atoms with E-state index in [1.807, 2.05) is 24.3 Å². The van der Waals surface area contributed by atoms with E-state index in [1.54, 1.807) is 30.7 Å². The number of rotatable bonds is 3. The van der Waals surface area contributed by atoms with Crippen LogP contribution in [0.1, 0.15) is 5.76 Å². The highest BCUT2D eigenvalue weighted by atomic mass is 79.9. The topological polar surface area (TPSA) is 55.1 Å². The number of fused-ring (bicyclic) bond motifs is 1. The van der Waals surface area contributed by atoms with Gasteiger partial charge in [-0.2, -0.15) is 0 Å². The van der Waals surface area contributed by atoms with Gasteiger partial charge in [-0.25, -0.2) is 0 Å². The molecule has 4 nitrogen and oxygen atoms in total. The fourth-order valence-corrected chi connectivity index (χ4v) is 2.30. The maximum atomic E-state index is 11.9. The molecule has 0 aliphatic rings. The van der Waals surface area contributed by atoms with E-state index in [4.69, 9.17) is 4.42 Å². The van der Waals surface area contributed by atoms with Gasteiger partial charge in [-0.15, -0.1) is 0 Å². The Bertz CT molecular complexity index is 810. The lowest BCUT2D eigenvalue weighted by molar-refractivity contribution is -0.111. The smallest absolute Gasteiger partial charge is 0.248 e. The third-order valence-electron chi connectivity index (χ3n) is 2.88. The van der Waals surface area contributed by atoms with E-state index in [0.717, 1.165) is 15.4 Å². The van der Waals surface area contributed by atoms with Gasteiger partial charge in [-0.05, 0) is 46.3 Å². The molecule has 0 aliphatic carbocycles. The number of nitrogens with zero attached hydrogens (tertiary/aromatic N) is 1. The van der Waals surface area contributed by atoms with Gasteiger partial charge in [0.2, 0.25) is 5.91 Å². The number of carbonyl (C=O) groups is 1. The molecule has 1 amide bonds. The Labute approximate surface area is 129 Å². The molecule has 0 atom stereocenters. The summed E-state index contributed by atoms with van der Waals surface area (Å²) < 4.78 is 6.03. The second-order valence-corrected chi connectivity index (χ2v) is 5.28. The second kappa shape index (κ2) is 5.93. The molecule has 2 heterocycles. The van der Waals surface area contributed by atoms with E-state index in [9.17, 15) is 4.79 Å². The zero-order valence-electron chi connectivity index (χ0n) is 10.9. The first-order chi connectivity index (χ1) is 10.2. The van der Waals surface area contributed by atoms with Gasteiger partial charge in [0.05, 0.1) is 17.5 Å². The number of nitrogens with one attached hydrogen (secondary N) is 1. The Kier molecular flexibility index (Phi) is 3.83. The molecule has 0 spiro atoms. The Morgan fingerprint density at radius 1 is 1.29 bits per heavy atom. The summed E-state index contributed by atoms with van der Waals surface area (Å²) in [6.07, 6.45) is 6.31. The van der Waals surface area contributed by atoms with Crippen LogP contribution in [0.5, 0.6) is 0 Å². The first-order valence-electron chi connectivity index (χ1n) is 6.29. The minimum absolute atomic E-state index is 0.233. The van der Waals surface area contributed by atoms with Crippen molar-refractivity contribution in [3.63, 3.8) is 0 Å². The van der Waals surface area contributed by atoms with Gasteiger partial charge in [0.1, 0.15) is 5.76 Å². The molecule has 2 aromatic heterocycles. The summed E-state index contributed by atoms with van der Waals surface area (Å²) in [6.45, 7) is 0. The summed E-state index contributed by atoms with van der Waals surface area (Å²) in [5, 5.41) is 3.78. The lowest BCUT2D eigenvalue weighted by Gasteiger charge is -2.06. The molecular weight excluding hydrogens is 332 g/mol. The number of carbonyl (C=O) groups excluding carboxylic acids is 1. The summed E-state index contributed by atoms with van der Waals surface area (Å²) in [6, 6.07) is 11.1. The zero-order chi connectivity index (χ0) is 14.7. The van der Waals surface area contributed by atoms with Crippen LogP contribution in [0.2, 0.25) is 0 Å². The van der Waals surface area contributed by atoms with Crippen molar-refractivity contribution in [2.24, 2.45) is 0 Å². The third kappa shape index (κ3) is 3.20. The van der Waals surface area contributed by atoms with Gasteiger partial charge >= 0.3 is 0 Å². The van der Waals surface area contributed by atoms with Crippen LogP contribution in [0, 0.1) is 0 Å². The molecule has 1 aromatic carbocycles. The highest BCUT2D eigenvalue weighted by Gasteiger charge is 2.05. The van der Waals surface area contributed by atoms with E-state index >= 15 is 0 Å². The molecule has 104 valence electrons. The summed E-state index contributed by atoms with van der Waals surface area (Å²) >= 11 is 3.38. The molecule has 0 saturated carbocycles. The number of anilines is 1. The first-order valence-corrected chi connectivity index (χ1v) is 7.08. The number of aromatic nitrogens is 1. The van der Waals surface area contributed by atoms with Gasteiger partial charge in [-0.1, -0.05) is 12.1 Å². The zero-order valence-corrected chi connectivity index (χ0v) is 12.5. The van der Waals surface area contributed by atoms with Crippen molar-refractivity contribution in [1.29, 1.82) is 0 Å². The molecule has 0 bridgehead atoms. The SMILES string of the molecule is O=C(/C=C/c1ccco1)Nc1cccc2cc(Br)cnc12. The molecule has 3 aromatic rings. The van der Waals surface area contributed by atoms with Crippen LogP contribution in [0.4, 0.5) is 5.69 Å². The number of pyridine rings is 1. The molecule has 0 aliphatic heterocycles. The standard InChI is InChI=1S/C16H11BrN2O2/c17-12-9-11-3-1-5-14(16(11)18-10-12)19-15(20)7-6-13-4-2-8-21-13/h1-10H,(H,19,20)/b7-6+. The quantitative estimate of drug-likeness (QED) is 0.724. The second-order valence-electron chi connectivity index (χ2n) is 4.37. The number of para-hydroxylation sites is 1. The average molecular weight is 343 g/mol. The Morgan fingerprint density at radius 3 is 3.00 bits per heavy atom. The van der Waals surface area contributed by atoms with Crippen molar-refractivity contribution in [3.05, 3.63) is 65.2 Å². The van der Waals surface area contributed by atoms with E-state index in [1.165, 1.54) is 6.08 Å². The average Bonchev–Trinajstić information content (AvgIpc) is 2.98. The molecule has 0 unspecified atom stereocenters. The minimum Gasteiger partial charge on any atom is -0.465 e. The summed E-state index contributed by atoms with van der Waals surface area (Å²) in [7, 11) is 0. The van der Waals surface area contributed by atoms with Crippen LogP contribution < -0.4 is 5.32 Å². The molecule has 0 saturated heterocycles. The van der Waals surface area contributed by atoms with Crippen molar-refractivity contribution < 1.29 is 9.21 Å². The normalized spacial score (nSPS) is 11.1. The van der Waals surface area contributed by atoms with Gasteiger partial charge in [0.15, 0.2) is 0 Å². The molecule has 5 heteroatoms. The molecule has 21 heavy (non-hydrogen) atoms. The largest absolute Gasteiger partial charge is 0.465 e. The summed E-state index contributed by atoms with van der Waals surface area (Å²) in [4.78, 5) is 16.3. The number of hydrogen-bond acceptors (Lipinski definition) is 3. The summed E-state index contributed by atoms with van der Waals surface area (Å²) in [5.41, 5.74) is 1.43. The van der Waals surface area contributed by atoms with Crippen LogP contribution in [-0.4, -0.2) is 10.9 Å². The fraction of sp³-hybridized carbons (Fsp3) is 0. The predicted octanol–water partition coefficient (Wildman–Crippen LogP) is 4.24. The van der Waals surface area contributed by atoms with Gasteiger partial charge in [0, 0.05) is 22.1 Å². The van der Waals surface area contributed by atoms with Crippen molar-refractivity contribution in [3.8, 4) is 0 Å². The van der Waals surface area contributed by atoms with Crippen molar-refractivity contribution in [2.45, 2.75) is 0 Å². The van der Waals surface area contributed by atoms with Gasteiger partial charge < -0.3 is 9.73 Å². The van der Waals surface area contributed by atoms with Crippen molar-refractivity contribution >= 4 is 44.5 Å². The Morgan fingerprint density at radius 2 is 2.19 bits per heavy atom. The van der Waals surface area contributed by atoms with Gasteiger partial charge in [-0.3, -0.25) is 9.78 Å². The number of halogens is 1. The number of benzene rings is 1. The number of furan rings is 1. The molecule has 0 radical (unpaired) electrons. The van der Waals surface area contributed by atoms with Crippen LogP contribution in [0.3, 0.4) is 0 Å². The van der Waals surface area contributed by atoms with Crippen LogP contribution in [0.15, 0.2) is 63.8 Å². The van der Waals surface area contributed by atoms with Crippen LogP contribution in [0.25, 0.3) is 17.0 Å². The summed E-state index contributed by atoms with van der Waals surface area (Å²) in [5.74, 6) is 0.397. The molecule has 1 N–H and O–H groups in total. The monoisotopic (exact) mass is 342 g/mol. The third-order valence-corrected chi connectivity index (χ3v) is 3.31. The van der Waals surface area contributed by atoms with E-state index in [-0.39, 0.29) is 5.91 Å². The van der Waals surface area contributed by atoms with Crippen LogP contribution >= 0.6 is 15.9 Å². The number of amides is 1. The van der Waals surface area contributed by atoms with Crippen molar-refractivity contribution in [2.75, 3.05) is 5.32 Å². The van der Waals surface area contributed by atoms with Crippen molar-refractivity contribution in [1.82, 2.24) is 4.98 Å². The molecule has 0 fully saturated rings. The molecular formula is C16H11BrN2O2. The predicted molar refractivity (Wildman–Crippen MR) is 85.8 cm³/mol. The van der Waals surface area contributed by atoms with E-state index < -0.39 is 0 Å². The van der Waals surface area contributed by atoms with E-state index in [2.05, 4.69) is 26.2 Å². The van der Waals surface area contributed by atoms with E-state index in [0.29, 0.717) is 11.4 Å². The highest BCUT2D eigenvalue weighted by Crippen LogP contribution is 2.23. The lowest BCUT2D eigenvalue weighted by Crippen LogP contribution is -2.08. The molecule has 3 rings (SSSR count). The Balaban J connectivity index is 1.83. The number of hydrogen-bond donors (Lipinski definition) is 1. The highest BCUT2D eigenvalue weighted by molar-refractivity contribution is 9.10. The maximum Gasteiger partial charge on any atom is 0.248 e. The minimum atomic E-state index is -0.233. The Hall–Kier alpha value is -2.40.